The molecule has 0 aromatic heterocycles. The Morgan fingerprint density at radius 3 is 2.44 bits per heavy atom. The highest BCUT2D eigenvalue weighted by molar-refractivity contribution is 7.99. The first kappa shape index (κ1) is 28.2. The van der Waals surface area contributed by atoms with Crippen molar-refractivity contribution in [1.82, 2.24) is 16.0 Å². The van der Waals surface area contributed by atoms with Crippen molar-refractivity contribution in [2.75, 3.05) is 17.7 Å². The molecule has 3 aromatic rings. The second-order valence-electron chi connectivity index (χ2n) is 10.3. The predicted molar refractivity (Wildman–Crippen MR) is 156 cm³/mol. The van der Waals surface area contributed by atoms with Crippen LogP contribution >= 0.6 is 11.8 Å². The Morgan fingerprint density at radius 2 is 1.72 bits per heavy atom. The molecule has 1 heterocycles. The van der Waals surface area contributed by atoms with Crippen molar-refractivity contribution in [2.24, 2.45) is 5.73 Å². The van der Waals surface area contributed by atoms with E-state index in [9.17, 15) is 14.4 Å². The molecular formula is C30H35N5O3S. The Morgan fingerprint density at radius 1 is 1.03 bits per heavy atom. The average Bonchev–Trinajstić information content (AvgIpc) is 3.03. The molecule has 0 radical (unpaired) electrons. The summed E-state index contributed by atoms with van der Waals surface area (Å²) in [6.07, 6.45) is 0.135. The third kappa shape index (κ3) is 7.40. The fraction of sp³-hybridized carbons (Fsp3) is 0.300. The Balaban J connectivity index is 1.55. The lowest BCUT2D eigenvalue weighted by atomic mass is 9.98. The molecule has 0 unspecified atom stereocenters. The molecule has 0 saturated carbocycles. The highest BCUT2D eigenvalue weighted by Crippen LogP contribution is 2.35. The van der Waals surface area contributed by atoms with Crippen LogP contribution in [0.5, 0.6) is 0 Å². The molecule has 5 N–H and O–H groups in total. The van der Waals surface area contributed by atoms with Crippen LogP contribution in [-0.2, 0) is 22.7 Å². The van der Waals surface area contributed by atoms with Crippen LogP contribution in [0.4, 0.5) is 10.5 Å². The molecule has 3 aromatic carbocycles. The van der Waals surface area contributed by atoms with Crippen LogP contribution in [0.3, 0.4) is 0 Å². The zero-order valence-electron chi connectivity index (χ0n) is 22.5. The lowest BCUT2D eigenvalue weighted by Crippen LogP contribution is -2.51. The topological polar surface area (TPSA) is 117 Å². The van der Waals surface area contributed by atoms with Crippen LogP contribution in [0.25, 0.3) is 11.1 Å². The van der Waals surface area contributed by atoms with Gasteiger partial charge in [0.25, 0.3) is 5.91 Å². The fourth-order valence-corrected chi connectivity index (χ4v) is 5.54. The van der Waals surface area contributed by atoms with Crippen molar-refractivity contribution < 1.29 is 14.4 Å². The molecule has 0 aliphatic carbocycles. The Labute approximate surface area is 233 Å². The van der Waals surface area contributed by atoms with E-state index in [2.05, 4.69) is 16.0 Å². The van der Waals surface area contributed by atoms with Gasteiger partial charge >= 0.3 is 6.03 Å². The molecule has 4 rings (SSSR count). The minimum atomic E-state index is -0.660. The zero-order chi connectivity index (χ0) is 28.0. The first-order valence-electron chi connectivity index (χ1n) is 12.9. The second-order valence-corrected chi connectivity index (χ2v) is 11.3. The summed E-state index contributed by atoms with van der Waals surface area (Å²) >= 11 is 1.56. The summed E-state index contributed by atoms with van der Waals surface area (Å²) in [5.74, 6) is 0.0645. The van der Waals surface area contributed by atoms with Crippen LogP contribution in [0.1, 0.15) is 31.4 Å². The molecule has 4 amide bonds. The van der Waals surface area contributed by atoms with Gasteiger partial charge in [-0.05, 0) is 48.2 Å². The molecule has 204 valence electrons. The van der Waals surface area contributed by atoms with E-state index < -0.39 is 11.6 Å². The molecule has 8 nitrogen and oxygen atoms in total. The van der Waals surface area contributed by atoms with Gasteiger partial charge in [-0.2, -0.15) is 0 Å². The number of benzene rings is 3. The summed E-state index contributed by atoms with van der Waals surface area (Å²) in [7, 11) is 1.59. The maximum atomic E-state index is 13.7. The van der Waals surface area contributed by atoms with E-state index in [1.54, 1.807) is 37.6 Å². The molecule has 1 aliphatic heterocycles. The second kappa shape index (κ2) is 12.4. The van der Waals surface area contributed by atoms with Crippen LogP contribution in [0.2, 0.25) is 0 Å². The van der Waals surface area contributed by atoms with Gasteiger partial charge in [-0.3, -0.25) is 9.59 Å². The number of hydrogen-bond acceptors (Lipinski definition) is 5. The lowest BCUT2D eigenvalue weighted by molar-refractivity contribution is -0.127. The lowest BCUT2D eigenvalue weighted by Gasteiger charge is -2.27. The van der Waals surface area contributed by atoms with Gasteiger partial charge in [0.2, 0.25) is 5.91 Å². The summed E-state index contributed by atoms with van der Waals surface area (Å²) in [5, 5.41) is 8.32. The third-order valence-electron chi connectivity index (χ3n) is 6.37. The number of anilines is 1. The van der Waals surface area contributed by atoms with Gasteiger partial charge in [-0.25, -0.2) is 4.79 Å². The number of rotatable bonds is 8. The number of thioether (sulfide) groups is 1. The van der Waals surface area contributed by atoms with Crippen molar-refractivity contribution in [3.05, 3.63) is 83.9 Å². The highest BCUT2D eigenvalue weighted by atomic mass is 32.2. The summed E-state index contributed by atoms with van der Waals surface area (Å²) in [5.41, 5.74) is 10.2. The molecular weight excluding hydrogens is 510 g/mol. The molecule has 0 spiro atoms. The first-order valence-corrected chi connectivity index (χ1v) is 13.9. The van der Waals surface area contributed by atoms with E-state index in [0.717, 1.165) is 32.8 Å². The molecule has 9 heteroatoms. The maximum absolute atomic E-state index is 13.7. The van der Waals surface area contributed by atoms with Gasteiger partial charge in [-0.1, -0.05) is 60.7 Å². The van der Waals surface area contributed by atoms with Crippen molar-refractivity contribution in [3.8, 4) is 11.1 Å². The number of para-hydroxylation sites is 1. The summed E-state index contributed by atoms with van der Waals surface area (Å²) in [6.45, 7) is 4.35. The number of hydrogen-bond donors (Lipinski definition) is 4. The Hall–Kier alpha value is -3.82. The van der Waals surface area contributed by atoms with Crippen LogP contribution in [-0.4, -0.2) is 42.2 Å². The van der Waals surface area contributed by atoms with Crippen LogP contribution < -0.4 is 26.6 Å². The number of fused-ring (bicyclic) bond motifs is 1. The van der Waals surface area contributed by atoms with E-state index in [-0.39, 0.29) is 24.3 Å². The Kier molecular flexibility index (Phi) is 8.93. The molecule has 1 aliphatic rings. The van der Waals surface area contributed by atoms with Gasteiger partial charge in [0, 0.05) is 36.2 Å². The minimum Gasteiger partial charge on any atom is -0.343 e. The van der Waals surface area contributed by atoms with Crippen molar-refractivity contribution in [3.63, 3.8) is 0 Å². The number of nitrogens with one attached hydrogen (secondary N) is 3. The first-order chi connectivity index (χ1) is 18.6. The smallest absolute Gasteiger partial charge is 0.314 e. The average molecular weight is 546 g/mol. The third-order valence-corrected chi connectivity index (χ3v) is 7.52. The van der Waals surface area contributed by atoms with E-state index in [1.165, 1.54) is 0 Å². The number of amides is 4. The highest BCUT2D eigenvalue weighted by Gasteiger charge is 2.32. The maximum Gasteiger partial charge on any atom is 0.314 e. The normalized spacial score (nSPS) is 15.2. The standard InChI is InChI=1S/C30H35N5O3S/c1-30(2,31)16-27(36)34-24-19-39-26-11-7-6-10-25(26)35(28(24)37)18-20-12-14-21(15-13-20)23-9-5-4-8-22(23)17-33-29(38)32-3/h4-15,24H,16-19,31H2,1-3H3,(H,34,36)(H2,32,33,38)/t24-/m1/s1. The van der Waals surface area contributed by atoms with Crippen LogP contribution in [0, 0.1) is 0 Å². The summed E-state index contributed by atoms with van der Waals surface area (Å²) in [4.78, 5) is 40.8. The van der Waals surface area contributed by atoms with Gasteiger partial charge in [0.05, 0.1) is 12.2 Å². The number of urea groups is 1. The van der Waals surface area contributed by atoms with Crippen molar-refractivity contribution in [1.29, 1.82) is 0 Å². The van der Waals surface area contributed by atoms with E-state index >= 15 is 0 Å². The van der Waals surface area contributed by atoms with E-state index in [1.807, 2.05) is 72.8 Å². The molecule has 0 saturated heterocycles. The van der Waals surface area contributed by atoms with Gasteiger partial charge < -0.3 is 26.6 Å². The largest absolute Gasteiger partial charge is 0.343 e. The number of carbonyl (C=O) groups is 3. The zero-order valence-corrected chi connectivity index (χ0v) is 23.3. The Bertz CT molecular complexity index is 1340. The minimum absolute atomic E-state index is 0.135. The van der Waals surface area contributed by atoms with Crippen molar-refractivity contribution >= 4 is 35.3 Å². The summed E-state index contributed by atoms with van der Waals surface area (Å²) in [6, 6.07) is 22.9. The van der Waals surface area contributed by atoms with Gasteiger partial charge in [0.15, 0.2) is 0 Å². The predicted octanol–water partition coefficient (Wildman–Crippen LogP) is 4.03. The SMILES string of the molecule is CNC(=O)NCc1ccccc1-c1ccc(CN2C(=O)[C@H](NC(=O)CC(C)(C)N)CSc3ccccc32)cc1. The van der Waals surface area contributed by atoms with Crippen molar-refractivity contribution in [2.45, 2.75) is 49.8 Å². The summed E-state index contributed by atoms with van der Waals surface area (Å²) < 4.78 is 0. The quantitative estimate of drug-likeness (QED) is 0.341. The number of nitrogens with zero attached hydrogens (tertiary/aromatic N) is 1. The number of carbonyl (C=O) groups excluding carboxylic acids is 3. The molecule has 39 heavy (non-hydrogen) atoms. The monoisotopic (exact) mass is 545 g/mol. The van der Waals surface area contributed by atoms with Crippen LogP contribution in [0.15, 0.2) is 77.7 Å². The molecule has 0 fully saturated rings. The molecule has 1 atom stereocenters. The number of nitrogens with two attached hydrogens (primary N) is 1. The van der Waals surface area contributed by atoms with Gasteiger partial charge in [0.1, 0.15) is 6.04 Å². The van der Waals surface area contributed by atoms with E-state index in [4.69, 9.17) is 5.73 Å². The molecule has 0 bridgehead atoms. The van der Waals surface area contributed by atoms with Gasteiger partial charge in [-0.15, -0.1) is 11.8 Å². The van der Waals surface area contributed by atoms with E-state index in [0.29, 0.717) is 18.8 Å². The fourth-order valence-electron chi connectivity index (χ4n) is 4.47.